The number of benzene rings is 2. The minimum absolute atomic E-state index is 0.0986. The molecule has 0 radical (unpaired) electrons. The Hall–Kier alpha value is -5.97. The lowest BCUT2D eigenvalue weighted by molar-refractivity contribution is -0.182. The molecule has 0 saturated carbocycles. The van der Waals surface area contributed by atoms with E-state index in [0.717, 1.165) is 61.4 Å². The van der Waals surface area contributed by atoms with Crippen molar-refractivity contribution in [2.45, 2.75) is 64.2 Å². The van der Waals surface area contributed by atoms with Crippen LogP contribution in [0, 0.1) is 12.7 Å². The van der Waals surface area contributed by atoms with Gasteiger partial charge in [0.25, 0.3) is 5.91 Å². The van der Waals surface area contributed by atoms with Crippen molar-refractivity contribution in [3.05, 3.63) is 107 Å². The number of amides is 3. The van der Waals surface area contributed by atoms with Crippen molar-refractivity contribution in [1.82, 2.24) is 45.5 Å². The first-order chi connectivity index (χ1) is 26.7. The molecule has 13 nitrogen and oxygen atoms in total. The fourth-order valence-corrected chi connectivity index (χ4v) is 6.76. The summed E-state index contributed by atoms with van der Waals surface area (Å²) in [5.41, 5.74) is 3.16. The van der Waals surface area contributed by atoms with E-state index in [1.54, 1.807) is 10.9 Å². The molecule has 3 N–H and O–H groups in total. The van der Waals surface area contributed by atoms with Crippen LogP contribution in [0.3, 0.4) is 0 Å². The van der Waals surface area contributed by atoms with Gasteiger partial charge in [0.15, 0.2) is 5.82 Å². The summed E-state index contributed by atoms with van der Waals surface area (Å²) in [4.78, 5) is 49.3. The summed E-state index contributed by atoms with van der Waals surface area (Å²) in [5.74, 6) is -2.29. The fraction of sp³-hybridized carbons (Fsp3) is 0.359. The van der Waals surface area contributed by atoms with Gasteiger partial charge in [-0.15, -0.1) is 0 Å². The number of nitrogens with one attached hydrogen (secondary N) is 3. The Labute approximate surface area is 319 Å². The van der Waals surface area contributed by atoms with Gasteiger partial charge in [-0.05, 0) is 61.6 Å². The highest BCUT2D eigenvalue weighted by molar-refractivity contribution is 6.01. The van der Waals surface area contributed by atoms with Gasteiger partial charge in [-0.2, -0.15) is 23.4 Å². The summed E-state index contributed by atoms with van der Waals surface area (Å²) >= 11 is 0. The van der Waals surface area contributed by atoms with E-state index in [1.165, 1.54) is 18.5 Å². The number of hydrogen-bond donors (Lipinski definition) is 3. The van der Waals surface area contributed by atoms with Gasteiger partial charge in [0.05, 0.1) is 29.9 Å². The molecule has 7 rings (SSSR count). The van der Waals surface area contributed by atoms with Crippen LogP contribution in [0.4, 0.5) is 23.4 Å². The van der Waals surface area contributed by atoms with E-state index in [-0.39, 0.29) is 42.2 Å². The van der Waals surface area contributed by atoms with Crippen molar-refractivity contribution in [1.29, 1.82) is 0 Å². The third kappa shape index (κ3) is 8.03. The number of pyridine rings is 1. The van der Waals surface area contributed by atoms with Crippen LogP contribution < -0.4 is 15.5 Å². The third-order valence-electron chi connectivity index (χ3n) is 10.4. The highest BCUT2D eigenvalue weighted by atomic mass is 19.4. The number of anilines is 1. The maximum absolute atomic E-state index is 15.1. The Morgan fingerprint density at radius 3 is 2.39 bits per heavy atom. The number of aryl methyl sites for hydroxylation is 1. The maximum Gasteiger partial charge on any atom is 0.401 e. The van der Waals surface area contributed by atoms with Crippen molar-refractivity contribution in [3.8, 4) is 16.8 Å². The van der Waals surface area contributed by atoms with Crippen molar-refractivity contribution < 1.29 is 31.9 Å². The van der Waals surface area contributed by atoms with Gasteiger partial charge in [0.2, 0.25) is 11.8 Å². The van der Waals surface area contributed by atoms with Crippen molar-refractivity contribution in [3.63, 3.8) is 0 Å². The van der Waals surface area contributed by atoms with Gasteiger partial charge in [0.1, 0.15) is 22.9 Å². The van der Waals surface area contributed by atoms with E-state index in [0.29, 0.717) is 18.9 Å². The summed E-state index contributed by atoms with van der Waals surface area (Å²) in [6, 6.07) is 15.7. The third-order valence-corrected chi connectivity index (χ3v) is 10.4. The molecule has 0 aliphatic carbocycles. The molecule has 2 aliphatic rings. The van der Waals surface area contributed by atoms with Crippen LogP contribution in [-0.4, -0.2) is 84.9 Å². The zero-order valence-corrected chi connectivity index (χ0v) is 31.0. The zero-order chi connectivity index (χ0) is 39.8. The molecule has 17 heteroatoms. The van der Waals surface area contributed by atoms with Crippen molar-refractivity contribution >= 4 is 23.5 Å². The lowest BCUT2D eigenvalue weighted by atomic mass is 9.91. The van der Waals surface area contributed by atoms with Crippen LogP contribution in [0.15, 0.2) is 67.1 Å². The predicted molar refractivity (Wildman–Crippen MR) is 197 cm³/mol. The number of piperidine rings is 1. The number of alkyl halides is 3. The van der Waals surface area contributed by atoms with Gasteiger partial charge in [-0.3, -0.25) is 29.7 Å². The Bertz CT molecular complexity index is 2260. The average molecular weight is 773 g/mol. The van der Waals surface area contributed by atoms with Gasteiger partial charge in [0, 0.05) is 63.2 Å². The molecule has 56 heavy (non-hydrogen) atoms. The number of hydrogen-bond acceptors (Lipinski definition) is 9. The molecule has 3 amide bonds. The Balaban J connectivity index is 0.907. The van der Waals surface area contributed by atoms with Crippen LogP contribution in [0.2, 0.25) is 0 Å². The van der Waals surface area contributed by atoms with E-state index >= 15 is 4.39 Å². The summed E-state index contributed by atoms with van der Waals surface area (Å²) in [5, 5.41) is 15.4. The second-order valence-corrected chi connectivity index (χ2v) is 14.6. The molecule has 5 heterocycles. The van der Waals surface area contributed by atoms with Crippen LogP contribution in [-0.2, 0) is 28.1 Å². The molecule has 2 aromatic carbocycles. The molecule has 1 unspecified atom stereocenters. The predicted octanol–water partition coefficient (Wildman–Crippen LogP) is 5.11. The molecule has 2 aliphatic heterocycles. The number of aromatic amines is 1. The molecule has 2 fully saturated rings. The summed E-state index contributed by atoms with van der Waals surface area (Å²) in [6.45, 7) is 7.44. The Morgan fingerprint density at radius 1 is 0.982 bits per heavy atom. The van der Waals surface area contributed by atoms with Gasteiger partial charge < -0.3 is 10.2 Å². The second-order valence-electron chi connectivity index (χ2n) is 14.6. The minimum Gasteiger partial charge on any atom is -0.354 e. The number of rotatable bonds is 10. The van der Waals surface area contributed by atoms with Crippen LogP contribution in [0.1, 0.15) is 71.3 Å². The number of H-pyrrole nitrogens is 1. The Morgan fingerprint density at radius 2 is 1.71 bits per heavy atom. The highest BCUT2D eigenvalue weighted by Gasteiger charge is 2.51. The van der Waals surface area contributed by atoms with Gasteiger partial charge >= 0.3 is 6.18 Å². The molecule has 2 saturated heterocycles. The highest BCUT2D eigenvalue weighted by Crippen LogP contribution is 2.38. The van der Waals surface area contributed by atoms with Gasteiger partial charge in [-0.25, -0.2) is 19.0 Å². The van der Waals surface area contributed by atoms with Crippen LogP contribution in [0.5, 0.6) is 0 Å². The van der Waals surface area contributed by atoms with E-state index < -0.39 is 41.0 Å². The summed E-state index contributed by atoms with van der Waals surface area (Å²) in [7, 11) is 0. The monoisotopic (exact) mass is 772 g/mol. The van der Waals surface area contributed by atoms with Crippen LogP contribution in [0.25, 0.3) is 16.8 Å². The number of nitrogens with zero attached hydrogens (tertiary/aromatic N) is 7. The first-order valence-corrected chi connectivity index (χ1v) is 18.1. The number of carbonyl (C=O) groups is 3. The minimum atomic E-state index is -4.53. The smallest absolute Gasteiger partial charge is 0.354 e. The second kappa shape index (κ2) is 15.3. The number of carbonyl (C=O) groups excluding carboxylic acids is 3. The van der Waals surface area contributed by atoms with Crippen LogP contribution >= 0.6 is 0 Å². The fourth-order valence-electron chi connectivity index (χ4n) is 6.76. The molecule has 5 aromatic rings. The first kappa shape index (κ1) is 38.3. The Kier molecular flexibility index (Phi) is 10.5. The summed E-state index contributed by atoms with van der Waals surface area (Å²) in [6.07, 6.45) is 0.326. The van der Waals surface area contributed by atoms with E-state index in [1.807, 2.05) is 30.0 Å². The SMILES string of the molecule is Cc1cc(-c2ccc(CN3CCN(c4cc(F)c(C5CCC(=O)NC5=O)cn4)CC3)cc2)ccc1-n1cc(C(=O)NCc2nc(C(C)(C)C(F)(F)F)n[nH]2)cn1. The topological polar surface area (TPSA) is 154 Å². The zero-order valence-electron chi connectivity index (χ0n) is 31.0. The molecular formula is C39H40F4N10O3. The molecule has 0 spiro atoms. The van der Waals surface area contributed by atoms with Crippen molar-refractivity contribution in [2.75, 3.05) is 31.1 Å². The lowest BCUT2D eigenvalue weighted by Crippen LogP contribution is -2.46. The molecule has 292 valence electrons. The average Bonchev–Trinajstić information content (AvgIpc) is 3.86. The molecular weight excluding hydrogens is 732 g/mol. The number of piperazine rings is 1. The number of aromatic nitrogens is 6. The molecule has 3 aromatic heterocycles. The molecule has 0 bridgehead atoms. The quantitative estimate of drug-likeness (QED) is 0.130. The number of halogens is 4. The largest absolute Gasteiger partial charge is 0.401 e. The maximum atomic E-state index is 15.1. The standard InChI is InChI=1S/C39H40F4N10O3/c1-23-16-26(8-10-31(23)53-22-27(18-46-53)35(55)45-20-32-47-37(50-49-32)38(2,3)39(41,42)43)25-6-4-24(5-7-25)21-51-12-14-52(15-13-51)33-17-30(40)29(19-44-33)28-9-11-34(54)48-36(28)56/h4-8,10,16-19,22,28H,9,11-15,20-21H2,1-3H3,(H,45,55)(H,47,49,50)(H,48,54,56). The summed E-state index contributed by atoms with van der Waals surface area (Å²) < 4.78 is 56.7. The first-order valence-electron chi connectivity index (χ1n) is 18.1. The lowest BCUT2D eigenvalue weighted by Gasteiger charge is -2.35. The van der Waals surface area contributed by atoms with E-state index in [4.69, 9.17) is 0 Å². The van der Waals surface area contributed by atoms with Gasteiger partial charge in [-0.1, -0.05) is 30.3 Å². The molecule has 1 atom stereocenters. The van der Waals surface area contributed by atoms with Crippen molar-refractivity contribution in [2.24, 2.45) is 0 Å². The number of imide groups is 1. The normalized spacial score (nSPS) is 16.9. The van der Waals surface area contributed by atoms with E-state index in [2.05, 4.69) is 65.1 Å². The van der Waals surface area contributed by atoms with E-state index in [9.17, 15) is 27.6 Å².